The fourth-order valence-electron chi connectivity index (χ4n) is 5.37. The van der Waals surface area contributed by atoms with Crippen LogP contribution >= 0.6 is 0 Å². The van der Waals surface area contributed by atoms with Gasteiger partial charge in [0.25, 0.3) is 0 Å². The topological polar surface area (TPSA) is 55.8 Å². The number of hydrogen-bond acceptors (Lipinski definition) is 3. The molecule has 0 aromatic heterocycles. The zero-order valence-electron chi connectivity index (χ0n) is 18.3. The van der Waals surface area contributed by atoms with Crippen LogP contribution in [0.1, 0.15) is 43.2 Å². The van der Waals surface area contributed by atoms with E-state index in [9.17, 15) is 9.18 Å². The van der Waals surface area contributed by atoms with Crippen molar-refractivity contribution in [3.8, 4) is 0 Å². The summed E-state index contributed by atoms with van der Waals surface area (Å²) in [6.45, 7) is 1.85. The van der Waals surface area contributed by atoms with Crippen molar-refractivity contribution >= 4 is 5.97 Å². The van der Waals surface area contributed by atoms with Crippen molar-refractivity contribution in [3.05, 3.63) is 83.7 Å². The van der Waals surface area contributed by atoms with Crippen LogP contribution in [-0.4, -0.2) is 30.4 Å². The summed E-state index contributed by atoms with van der Waals surface area (Å²) in [6, 6.07) is 17.0. The molecule has 2 aromatic carbocycles. The molecule has 2 aromatic rings. The first-order chi connectivity index (χ1) is 15.6. The van der Waals surface area contributed by atoms with Gasteiger partial charge < -0.3 is 14.6 Å². The Kier molecular flexibility index (Phi) is 7.38. The normalized spacial score (nSPS) is 26.7. The number of carboxylic acid groups (broad SMARTS) is 1. The number of carboxylic acids is 1. The summed E-state index contributed by atoms with van der Waals surface area (Å²) < 4.78 is 25.9. The predicted molar refractivity (Wildman–Crippen MR) is 121 cm³/mol. The molecule has 1 aliphatic carbocycles. The minimum absolute atomic E-state index is 0.134. The number of rotatable bonds is 11. The fourth-order valence-corrected chi connectivity index (χ4v) is 5.37. The van der Waals surface area contributed by atoms with E-state index in [2.05, 4.69) is 24.3 Å². The second-order valence-corrected chi connectivity index (χ2v) is 8.98. The maximum absolute atomic E-state index is 13.6. The summed E-state index contributed by atoms with van der Waals surface area (Å²) in [5.41, 5.74) is 2.15. The molecule has 2 unspecified atom stereocenters. The van der Waals surface area contributed by atoms with E-state index < -0.39 is 5.97 Å². The van der Waals surface area contributed by atoms with Gasteiger partial charge in [-0.05, 0) is 54.9 Å². The number of hydrogen-bond donors (Lipinski definition) is 1. The molecule has 4 nitrogen and oxygen atoms in total. The van der Waals surface area contributed by atoms with E-state index >= 15 is 0 Å². The van der Waals surface area contributed by atoms with Gasteiger partial charge in [-0.1, -0.05) is 54.6 Å². The van der Waals surface area contributed by atoms with Crippen LogP contribution in [0.4, 0.5) is 4.39 Å². The second-order valence-electron chi connectivity index (χ2n) is 8.98. The summed E-state index contributed by atoms with van der Waals surface area (Å²) in [4.78, 5) is 10.7. The monoisotopic (exact) mass is 438 g/mol. The highest BCUT2D eigenvalue weighted by molar-refractivity contribution is 5.66. The van der Waals surface area contributed by atoms with Crippen molar-refractivity contribution in [2.75, 3.05) is 13.2 Å². The molecule has 4 atom stereocenters. The van der Waals surface area contributed by atoms with Gasteiger partial charge in [-0.3, -0.25) is 4.79 Å². The summed E-state index contributed by atoms with van der Waals surface area (Å²) in [6.07, 6.45) is 7.82. The summed E-state index contributed by atoms with van der Waals surface area (Å²) in [7, 11) is 0. The van der Waals surface area contributed by atoms with Crippen LogP contribution in [-0.2, 0) is 26.3 Å². The van der Waals surface area contributed by atoms with E-state index in [4.69, 9.17) is 14.6 Å². The highest BCUT2D eigenvalue weighted by Gasteiger charge is 2.59. The molecule has 1 N–H and O–H groups in total. The zero-order valence-corrected chi connectivity index (χ0v) is 18.3. The molecule has 2 fully saturated rings. The second kappa shape index (κ2) is 10.4. The highest BCUT2D eigenvalue weighted by Crippen LogP contribution is 2.56. The molecule has 0 amide bonds. The standard InChI is InChI=1S/C27H31FO4/c28-22-14-12-21(13-15-22)27-16-25(32-19-27)23(18-31-17-20-8-4-3-5-9-20)24(27)10-6-1-2-7-11-26(29)30/h1,3-6,8-9,12-15,23-25H,2,7,10-11,16-19H2,(H,29,30)/b6-1+/t23-,24-,25?,27?/m0/s1. The molecule has 0 radical (unpaired) electrons. The molecule has 2 bridgehead atoms. The summed E-state index contributed by atoms with van der Waals surface area (Å²) in [5.74, 6) is -0.384. The van der Waals surface area contributed by atoms with Gasteiger partial charge in [-0.15, -0.1) is 0 Å². The maximum atomic E-state index is 13.6. The van der Waals surface area contributed by atoms with E-state index in [1.807, 2.05) is 30.3 Å². The van der Waals surface area contributed by atoms with Crippen LogP contribution < -0.4 is 0 Å². The Morgan fingerprint density at radius 2 is 1.94 bits per heavy atom. The number of fused-ring (bicyclic) bond motifs is 2. The minimum Gasteiger partial charge on any atom is -0.481 e. The Hall–Kier alpha value is -2.50. The smallest absolute Gasteiger partial charge is 0.303 e. The van der Waals surface area contributed by atoms with Gasteiger partial charge in [-0.2, -0.15) is 0 Å². The molecule has 170 valence electrons. The molecule has 32 heavy (non-hydrogen) atoms. The molecular formula is C27H31FO4. The van der Waals surface area contributed by atoms with Gasteiger partial charge in [0.05, 0.1) is 25.9 Å². The van der Waals surface area contributed by atoms with Crippen molar-refractivity contribution in [1.82, 2.24) is 0 Å². The number of halogens is 1. The van der Waals surface area contributed by atoms with Crippen LogP contribution in [0.5, 0.6) is 0 Å². The Morgan fingerprint density at radius 3 is 2.69 bits per heavy atom. The fraction of sp³-hybridized carbons (Fsp3) is 0.444. The Bertz CT molecular complexity index is 911. The van der Waals surface area contributed by atoms with Crippen molar-refractivity contribution in [2.24, 2.45) is 11.8 Å². The van der Waals surface area contributed by atoms with Gasteiger partial charge in [0.15, 0.2) is 0 Å². The van der Waals surface area contributed by atoms with E-state index in [0.717, 1.165) is 30.4 Å². The lowest BCUT2D eigenvalue weighted by molar-refractivity contribution is -0.137. The zero-order chi connectivity index (χ0) is 22.4. The minimum atomic E-state index is -0.755. The van der Waals surface area contributed by atoms with E-state index in [0.29, 0.717) is 32.2 Å². The first-order valence-electron chi connectivity index (χ1n) is 11.4. The quantitative estimate of drug-likeness (QED) is 0.371. The van der Waals surface area contributed by atoms with Gasteiger partial charge in [0, 0.05) is 17.8 Å². The number of carbonyl (C=O) groups is 1. The number of allylic oxidation sites excluding steroid dienone is 2. The van der Waals surface area contributed by atoms with Crippen molar-refractivity contribution in [1.29, 1.82) is 0 Å². The molecule has 1 saturated heterocycles. The van der Waals surface area contributed by atoms with Gasteiger partial charge >= 0.3 is 5.97 Å². The average Bonchev–Trinajstić information content (AvgIpc) is 3.35. The molecule has 1 saturated carbocycles. The number of unbranched alkanes of at least 4 members (excludes halogenated alkanes) is 1. The van der Waals surface area contributed by atoms with Crippen LogP contribution in [0, 0.1) is 17.7 Å². The number of benzene rings is 2. The van der Waals surface area contributed by atoms with Crippen molar-refractivity contribution in [2.45, 2.75) is 50.2 Å². The van der Waals surface area contributed by atoms with Gasteiger partial charge in [0.2, 0.25) is 0 Å². The summed E-state index contributed by atoms with van der Waals surface area (Å²) >= 11 is 0. The molecule has 4 rings (SSSR count). The Morgan fingerprint density at radius 1 is 1.16 bits per heavy atom. The van der Waals surface area contributed by atoms with Crippen LogP contribution in [0.2, 0.25) is 0 Å². The maximum Gasteiger partial charge on any atom is 0.303 e. The molecular weight excluding hydrogens is 407 g/mol. The largest absolute Gasteiger partial charge is 0.481 e. The average molecular weight is 439 g/mol. The van der Waals surface area contributed by atoms with E-state index in [1.54, 1.807) is 0 Å². The third kappa shape index (κ3) is 5.11. The first kappa shape index (κ1) is 22.7. The SMILES string of the molecule is O=C(O)CCC/C=C/C[C@H]1[C@H](COCc2ccccc2)C2CC1(c1ccc(F)cc1)CO2. The first-order valence-corrected chi connectivity index (χ1v) is 11.4. The molecule has 0 spiro atoms. The van der Waals surface area contributed by atoms with Crippen molar-refractivity contribution in [3.63, 3.8) is 0 Å². The van der Waals surface area contributed by atoms with Crippen LogP contribution in [0.15, 0.2) is 66.7 Å². The molecule has 1 heterocycles. The van der Waals surface area contributed by atoms with Gasteiger partial charge in [0.1, 0.15) is 5.82 Å². The summed E-state index contributed by atoms with van der Waals surface area (Å²) in [5, 5.41) is 8.81. The highest BCUT2D eigenvalue weighted by atomic mass is 19.1. The third-order valence-electron chi connectivity index (χ3n) is 6.98. The molecule has 2 aliphatic rings. The lowest BCUT2D eigenvalue weighted by Gasteiger charge is -2.39. The lowest BCUT2D eigenvalue weighted by atomic mass is 9.69. The number of ether oxygens (including phenoxy) is 2. The lowest BCUT2D eigenvalue weighted by Crippen LogP contribution is -2.41. The number of aliphatic carboxylic acids is 1. The molecule has 5 heteroatoms. The predicted octanol–water partition coefficient (Wildman–Crippen LogP) is 5.52. The molecule has 1 aliphatic heterocycles. The third-order valence-corrected chi connectivity index (χ3v) is 6.98. The van der Waals surface area contributed by atoms with Crippen LogP contribution in [0.25, 0.3) is 0 Å². The van der Waals surface area contributed by atoms with E-state index in [-0.39, 0.29) is 29.7 Å². The Balaban J connectivity index is 1.46. The van der Waals surface area contributed by atoms with Gasteiger partial charge in [-0.25, -0.2) is 4.39 Å². The van der Waals surface area contributed by atoms with Crippen LogP contribution in [0.3, 0.4) is 0 Å². The Labute approximate surface area is 189 Å². The van der Waals surface area contributed by atoms with E-state index in [1.165, 1.54) is 12.1 Å². The van der Waals surface area contributed by atoms with Crippen molar-refractivity contribution < 1.29 is 23.8 Å².